The smallest absolute Gasteiger partial charge is 0.166 e. The Kier molecular flexibility index (Phi) is 6.55. The van der Waals surface area contributed by atoms with Gasteiger partial charge in [0.1, 0.15) is 17.1 Å². The Bertz CT molecular complexity index is 1230. The van der Waals surface area contributed by atoms with Crippen LogP contribution in [0.1, 0.15) is 47.3 Å². The van der Waals surface area contributed by atoms with Gasteiger partial charge in [0.25, 0.3) is 0 Å². The van der Waals surface area contributed by atoms with Gasteiger partial charge in [-0.2, -0.15) is 0 Å². The Morgan fingerprint density at radius 2 is 2.00 bits per heavy atom. The summed E-state index contributed by atoms with van der Waals surface area (Å²) in [6.45, 7) is 7.70. The third-order valence-electron chi connectivity index (χ3n) is 6.48. The predicted octanol–water partition coefficient (Wildman–Crippen LogP) is 3.87. The summed E-state index contributed by atoms with van der Waals surface area (Å²) in [5.74, 6) is 2.46. The van der Waals surface area contributed by atoms with E-state index in [4.69, 9.17) is 19.2 Å². The molecule has 3 aromatic heterocycles. The summed E-state index contributed by atoms with van der Waals surface area (Å²) < 4.78 is 12.7. The third-order valence-corrected chi connectivity index (χ3v) is 6.48. The Labute approximate surface area is 199 Å². The molecule has 0 amide bonds. The zero-order valence-electron chi connectivity index (χ0n) is 20.0. The number of benzene rings is 1. The molecule has 1 atom stereocenters. The van der Waals surface area contributed by atoms with Crippen LogP contribution < -0.4 is 5.32 Å². The zero-order valence-corrected chi connectivity index (χ0v) is 20.0. The van der Waals surface area contributed by atoms with Crippen molar-refractivity contribution in [2.75, 3.05) is 32.1 Å². The number of likely N-dealkylation sites (tertiary alicyclic amines) is 1. The molecule has 178 valence electrons. The summed E-state index contributed by atoms with van der Waals surface area (Å²) in [5.41, 5.74) is 4.93. The number of fused-ring (bicyclic) bond motifs is 1. The molecular formula is C25H31N7O2. The van der Waals surface area contributed by atoms with Gasteiger partial charge in [0.15, 0.2) is 11.5 Å². The largest absolute Gasteiger partial charge is 0.383 e. The molecule has 0 bridgehead atoms. The average Bonchev–Trinajstić information content (AvgIpc) is 3.56. The van der Waals surface area contributed by atoms with Crippen LogP contribution >= 0.6 is 0 Å². The number of aromatic nitrogens is 5. The first-order chi connectivity index (χ1) is 16.6. The molecule has 1 aliphatic rings. The van der Waals surface area contributed by atoms with Gasteiger partial charge in [-0.3, -0.25) is 4.90 Å². The van der Waals surface area contributed by atoms with Gasteiger partial charge in [0.05, 0.1) is 31.2 Å². The highest BCUT2D eigenvalue weighted by Gasteiger charge is 2.31. The second-order valence-electron chi connectivity index (χ2n) is 8.81. The van der Waals surface area contributed by atoms with E-state index in [1.54, 1.807) is 7.11 Å². The van der Waals surface area contributed by atoms with E-state index >= 15 is 0 Å². The van der Waals surface area contributed by atoms with Crippen molar-refractivity contribution in [3.63, 3.8) is 0 Å². The lowest BCUT2D eigenvalue weighted by molar-refractivity contribution is 0.210. The first-order valence-corrected chi connectivity index (χ1v) is 11.8. The Hall–Kier alpha value is -3.30. The summed E-state index contributed by atoms with van der Waals surface area (Å²) in [4.78, 5) is 17.1. The van der Waals surface area contributed by atoms with Gasteiger partial charge >= 0.3 is 0 Å². The van der Waals surface area contributed by atoms with Crippen LogP contribution in [0, 0.1) is 13.8 Å². The number of methoxy groups -OCH3 is 1. The second-order valence-corrected chi connectivity index (χ2v) is 8.81. The number of anilines is 1. The summed E-state index contributed by atoms with van der Waals surface area (Å²) >= 11 is 0. The summed E-state index contributed by atoms with van der Waals surface area (Å²) in [7, 11) is 1.70. The van der Waals surface area contributed by atoms with E-state index in [-0.39, 0.29) is 6.04 Å². The first kappa shape index (κ1) is 22.5. The lowest BCUT2D eigenvalue weighted by Gasteiger charge is -2.23. The van der Waals surface area contributed by atoms with Crippen molar-refractivity contribution in [1.29, 1.82) is 0 Å². The van der Waals surface area contributed by atoms with Gasteiger partial charge < -0.3 is 19.1 Å². The van der Waals surface area contributed by atoms with E-state index in [9.17, 15) is 0 Å². The number of hydrogen-bond donors (Lipinski definition) is 1. The van der Waals surface area contributed by atoms with Crippen LogP contribution in [0.2, 0.25) is 0 Å². The molecule has 0 spiro atoms. The van der Waals surface area contributed by atoms with Crippen molar-refractivity contribution in [2.24, 2.45) is 0 Å². The molecule has 4 heterocycles. The fraction of sp³-hybridized carbons (Fsp3) is 0.440. The standard InChI is InChI=1S/C25H31N7O2/c1-17-20(18(2)34-30-17)15-31-12-7-10-21(31)23-28-24(26-11-13-33-3)22-25(29-23)32(16-27-22)14-19-8-5-4-6-9-19/h4-6,8-9,16,21H,7,10-15H2,1-3H3,(H,26,28,29). The van der Waals surface area contributed by atoms with Gasteiger partial charge in [-0.15, -0.1) is 0 Å². The van der Waals surface area contributed by atoms with E-state index in [1.165, 1.54) is 5.56 Å². The zero-order chi connectivity index (χ0) is 23.5. The fourth-order valence-corrected chi connectivity index (χ4v) is 4.64. The van der Waals surface area contributed by atoms with Crippen LogP contribution in [0.4, 0.5) is 5.82 Å². The molecule has 4 aromatic rings. The minimum absolute atomic E-state index is 0.126. The number of nitrogens with zero attached hydrogens (tertiary/aromatic N) is 6. The maximum atomic E-state index is 5.40. The highest BCUT2D eigenvalue weighted by atomic mass is 16.5. The molecule has 0 saturated carbocycles. The lowest BCUT2D eigenvalue weighted by atomic mass is 10.1. The molecule has 1 fully saturated rings. The van der Waals surface area contributed by atoms with E-state index < -0.39 is 0 Å². The SMILES string of the molecule is COCCNc1nc(C2CCCN2Cc2c(C)noc2C)nc2c1ncn2Cc1ccccc1. The van der Waals surface area contributed by atoms with Crippen LogP contribution in [0.15, 0.2) is 41.2 Å². The number of nitrogens with one attached hydrogen (secondary N) is 1. The Balaban J connectivity index is 1.50. The molecule has 9 heteroatoms. The molecule has 1 aromatic carbocycles. The molecule has 9 nitrogen and oxygen atoms in total. The molecule has 1 saturated heterocycles. The van der Waals surface area contributed by atoms with Crippen molar-refractivity contribution in [3.8, 4) is 0 Å². The Morgan fingerprint density at radius 1 is 1.15 bits per heavy atom. The minimum atomic E-state index is 0.126. The van der Waals surface area contributed by atoms with E-state index in [2.05, 4.69) is 49.2 Å². The molecule has 1 aliphatic heterocycles. The van der Waals surface area contributed by atoms with E-state index in [1.807, 2.05) is 26.2 Å². The summed E-state index contributed by atoms with van der Waals surface area (Å²) in [6, 6.07) is 10.5. The number of hydrogen-bond acceptors (Lipinski definition) is 8. The number of imidazole rings is 1. The molecule has 1 N–H and O–H groups in total. The van der Waals surface area contributed by atoms with E-state index in [0.717, 1.165) is 65.8 Å². The van der Waals surface area contributed by atoms with Gasteiger partial charge in [-0.1, -0.05) is 35.5 Å². The fourth-order valence-electron chi connectivity index (χ4n) is 4.64. The average molecular weight is 462 g/mol. The highest BCUT2D eigenvalue weighted by Crippen LogP contribution is 2.34. The number of rotatable bonds is 9. The quantitative estimate of drug-likeness (QED) is 0.375. The maximum Gasteiger partial charge on any atom is 0.166 e. The third kappa shape index (κ3) is 4.53. The van der Waals surface area contributed by atoms with Crippen LogP contribution in [0.25, 0.3) is 11.2 Å². The maximum absolute atomic E-state index is 5.40. The molecular weight excluding hydrogens is 430 g/mol. The van der Waals surface area contributed by atoms with Gasteiger partial charge in [-0.05, 0) is 38.8 Å². The van der Waals surface area contributed by atoms with Crippen molar-refractivity contribution < 1.29 is 9.26 Å². The van der Waals surface area contributed by atoms with Gasteiger partial charge in [0.2, 0.25) is 0 Å². The monoisotopic (exact) mass is 461 g/mol. The molecule has 34 heavy (non-hydrogen) atoms. The molecule has 5 rings (SSSR count). The number of ether oxygens (including phenoxy) is 1. The summed E-state index contributed by atoms with van der Waals surface area (Å²) in [5, 5.41) is 7.54. The Morgan fingerprint density at radius 3 is 2.76 bits per heavy atom. The second kappa shape index (κ2) is 9.90. The number of aryl methyl sites for hydroxylation is 2. The van der Waals surface area contributed by atoms with Crippen LogP contribution in [0.3, 0.4) is 0 Å². The summed E-state index contributed by atoms with van der Waals surface area (Å²) in [6.07, 6.45) is 3.97. The van der Waals surface area contributed by atoms with Crippen molar-refractivity contribution in [1.82, 2.24) is 29.6 Å². The van der Waals surface area contributed by atoms with Gasteiger partial charge in [0, 0.05) is 25.8 Å². The molecule has 0 aliphatic carbocycles. The lowest BCUT2D eigenvalue weighted by Crippen LogP contribution is -2.25. The van der Waals surface area contributed by atoms with Gasteiger partial charge in [-0.25, -0.2) is 15.0 Å². The first-order valence-electron chi connectivity index (χ1n) is 11.8. The van der Waals surface area contributed by atoms with Crippen molar-refractivity contribution in [2.45, 2.75) is 45.8 Å². The van der Waals surface area contributed by atoms with Crippen LogP contribution in [-0.2, 0) is 17.8 Å². The van der Waals surface area contributed by atoms with Crippen LogP contribution in [-0.4, -0.2) is 56.4 Å². The predicted molar refractivity (Wildman–Crippen MR) is 130 cm³/mol. The van der Waals surface area contributed by atoms with E-state index in [0.29, 0.717) is 19.7 Å². The minimum Gasteiger partial charge on any atom is -0.383 e. The molecule has 1 unspecified atom stereocenters. The van der Waals surface area contributed by atoms with Crippen molar-refractivity contribution in [3.05, 3.63) is 65.1 Å². The van der Waals surface area contributed by atoms with Crippen LogP contribution in [0.5, 0.6) is 0 Å². The topological polar surface area (TPSA) is 94.1 Å². The highest BCUT2D eigenvalue weighted by molar-refractivity contribution is 5.83. The molecule has 0 radical (unpaired) electrons. The van der Waals surface area contributed by atoms with Crippen molar-refractivity contribution >= 4 is 17.0 Å². The normalized spacial score (nSPS) is 16.5.